The first kappa shape index (κ1) is 16.2. The van der Waals surface area contributed by atoms with Gasteiger partial charge in [0.2, 0.25) is 10.0 Å². The van der Waals surface area contributed by atoms with Crippen molar-refractivity contribution in [3.05, 3.63) is 29.0 Å². The highest BCUT2D eigenvalue weighted by Gasteiger charge is 2.34. The zero-order valence-corrected chi connectivity index (χ0v) is 12.6. The molecule has 0 spiro atoms. The topological polar surface area (TPSA) is 83.5 Å². The summed E-state index contributed by atoms with van der Waals surface area (Å²) in [6.45, 7) is 0. The lowest BCUT2D eigenvalue weighted by Gasteiger charge is -2.29. The summed E-state index contributed by atoms with van der Waals surface area (Å²) in [7, 11) is -4.06. The van der Waals surface area contributed by atoms with E-state index in [2.05, 4.69) is 4.72 Å². The molecule has 116 valence electrons. The molecule has 21 heavy (non-hydrogen) atoms. The van der Waals surface area contributed by atoms with Crippen LogP contribution in [0.1, 0.15) is 25.7 Å². The number of carboxylic acids is 1. The first-order valence-electron chi connectivity index (χ1n) is 6.51. The highest BCUT2D eigenvalue weighted by Crippen LogP contribution is 2.28. The molecule has 0 radical (unpaired) electrons. The summed E-state index contributed by atoms with van der Waals surface area (Å²) in [5.74, 6) is -2.54. The average molecular weight is 336 g/mol. The normalized spacial score (nSPS) is 23.0. The van der Waals surface area contributed by atoms with Crippen LogP contribution in [0.5, 0.6) is 0 Å². The molecule has 1 aromatic rings. The fourth-order valence-corrected chi connectivity index (χ4v) is 4.34. The van der Waals surface area contributed by atoms with Crippen molar-refractivity contribution in [1.29, 1.82) is 0 Å². The van der Waals surface area contributed by atoms with E-state index in [9.17, 15) is 17.6 Å². The van der Waals surface area contributed by atoms with E-state index in [1.54, 1.807) is 0 Å². The van der Waals surface area contributed by atoms with Crippen molar-refractivity contribution in [3.8, 4) is 0 Å². The molecule has 1 fully saturated rings. The van der Waals surface area contributed by atoms with Crippen LogP contribution in [0.25, 0.3) is 0 Å². The molecule has 2 rings (SSSR count). The van der Waals surface area contributed by atoms with Crippen molar-refractivity contribution >= 4 is 27.6 Å². The smallest absolute Gasteiger partial charge is 0.308 e. The third kappa shape index (κ3) is 3.72. The molecular weight excluding hydrogens is 321 g/mol. The van der Waals surface area contributed by atoms with E-state index in [1.165, 1.54) is 0 Å². The Morgan fingerprint density at radius 1 is 1.33 bits per heavy atom. The van der Waals surface area contributed by atoms with Gasteiger partial charge in [0.05, 0.1) is 10.9 Å². The highest BCUT2D eigenvalue weighted by molar-refractivity contribution is 7.89. The zero-order chi connectivity index (χ0) is 15.6. The van der Waals surface area contributed by atoms with E-state index in [4.69, 9.17) is 16.7 Å². The van der Waals surface area contributed by atoms with Crippen LogP contribution in [0.2, 0.25) is 5.02 Å². The molecule has 1 saturated carbocycles. The average Bonchev–Trinajstić information content (AvgIpc) is 2.41. The number of hydrogen-bond donors (Lipinski definition) is 2. The predicted octanol–water partition coefficient (Wildman–Crippen LogP) is 2.40. The van der Waals surface area contributed by atoms with Gasteiger partial charge in [0.1, 0.15) is 10.7 Å². The minimum Gasteiger partial charge on any atom is -0.481 e. The van der Waals surface area contributed by atoms with Gasteiger partial charge in [-0.1, -0.05) is 24.4 Å². The number of rotatable bonds is 4. The van der Waals surface area contributed by atoms with Crippen LogP contribution >= 0.6 is 11.6 Å². The number of carbonyl (C=O) groups is 1. The van der Waals surface area contributed by atoms with Gasteiger partial charge in [-0.15, -0.1) is 0 Å². The van der Waals surface area contributed by atoms with Crippen LogP contribution in [0.4, 0.5) is 4.39 Å². The predicted molar refractivity (Wildman–Crippen MR) is 75.1 cm³/mol. The minimum atomic E-state index is -4.06. The molecule has 8 heteroatoms. The molecule has 0 amide bonds. The van der Waals surface area contributed by atoms with Crippen molar-refractivity contribution < 1.29 is 22.7 Å². The second-order valence-electron chi connectivity index (χ2n) is 5.03. The molecule has 2 unspecified atom stereocenters. The molecule has 0 bridgehead atoms. The van der Waals surface area contributed by atoms with Gasteiger partial charge in [-0.3, -0.25) is 4.79 Å². The molecule has 0 aromatic heterocycles. The summed E-state index contributed by atoms with van der Waals surface area (Å²) in [6.07, 6.45) is 2.34. The Hall–Kier alpha value is -1.18. The molecule has 1 aliphatic rings. The Labute approximate surface area is 127 Å². The third-order valence-corrected chi connectivity index (χ3v) is 5.54. The lowest BCUT2D eigenvalue weighted by molar-refractivity contribution is -0.143. The van der Waals surface area contributed by atoms with Crippen molar-refractivity contribution in [2.24, 2.45) is 5.92 Å². The van der Waals surface area contributed by atoms with Gasteiger partial charge in [0.15, 0.2) is 0 Å². The largest absolute Gasteiger partial charge is 0.481 e. The van der Waals surface area contributed by atoms with Gasteiger partial charge < -0.3 is 5.11 Å². The van der Waals surface area contributed by atoms with Crippen LogP contribution in [-0.4, -0.2) is 25.5 Å². The monoisotopic (exact) mass is 335 g/mol. The molecule has 2 atom stereocenters. The maximum atomic E-state index is 13.2. The van der Waals surface area contributed by atoms with E-state index in [0.717, 1.165) is 31.0 Å². The van der Waals surface area contributed by atoms with Gasteiger partial charge in [-0.2, -0.15) is 0 Å². The first-order chi connectivity index (χ1) is 9.81. The van der Waals surface area contributed by atoms with Crippen molar-refractivity contribution in [2.45, 2.75) is 36.6 Å². The number of nitrogens with one attached hydrogen (secondary N) is 1. The van der Waals surface area contributed by atoms with Crippen LogP contribution < -0.4 is 4.72 Å². The van der Waals surface area contributed by atoms with E-state index < -0.39 is 33.8 Å². The summed E-state index contributed by atoms with van der Waals surface area (Å²) in [5, 5.41) is 9.05. The molecule has 1 aliphatic carbocycles. The maximum absolute atomic E-state index is 13.2. The van der Waals surface area contributed by atoms with Crippen LogP contribution in [0.15, 0.2) is 23.1 Å². The summed E-state index contributed by atoms with van der Waals surface area (Å²) in [5.41, 5.74) is 0. The molecule has 2 N–H and O–H groups in total. The summed E-state index contributed by atoms with van der Waals surface area (Å²) >= 11 is 5.80. The first-order valence-corrected chi connectivity index (χ1v) is 8.37. The number of benzene rings is 1. The molecule has 1 aromatic carbocycles. The Morgan fingerprint density at radius 2 is 2.00 bits per heavy atom. The molecule has 0 saturated heterocycles. The fourth-order valence-electron chi connectivity index (χ4n) is 2.51. The second kappa shape index (κ2) is 6.29. The maximum Gasteiger partial charge on any atom is 0.308 e. The lowest BCUT2D eigenvalue weighted by atomic mass is 9.85. The zero-order valence-electron chi connectivity index (χ0n) is 11.1. The second-order valence-corrected chi connectivity index (χ2v) is 7.12. The summed E-state index contributed by atoms with van der Waals surface area (Å²) < 4.78 is 40.1. The van der Waals surface area contributed by atoms with Gasteiger partial charge >= 0.3 is 5.97 Å². The highest BCUT2D eigenvalue weighted by atomic mass is 35.5. The minimum absolute atomic E-state index is 0.105. The Bertz CT molecular complexity index is 650. The number of sulfonamides is 1. The van der Waals surface area contributed by atoms with Crippen LogP contribution in [0.3, 0.4) is 0 Å². The van der Waals surface area contributed by atoms with Gasteiger partial charge in [0, 0.05) is 6.04 Å². The standard InChI is InChI=1S/C13H15ClFNO4S/c14-10-6-5-8(15)7-12(10)21(19,20)16-11-4-2-1-3-9(11)13(17)18/h5-7,9,11,16H,1-4H2,(H,17,18). The summed E-state index contributed by atoms with van der Waals surface area (Å²) in [6, 6.07) is 2.33. The van der Waals surface area contributed by atoms with E-state index >= 15 is 0 Å². The van der Waals surface area contributed by atoms with Gasteiger partial charge in [-0.05, 0) is 31.0 Å². The molecule has 0 heterocycles. The van der Waals surface area contributed by atoms with E-state index in [-0.39, 0.29) is 9.92 Å². The van der Waals surface area contributed by atoms with Crippen molar-refractivity contribution in [1.82, 2.24) is 4.72 Å². The van der Waals surface area contributed by atoms with E-state index in [1.807, 2.05) is 0 Å². The SMILES string of the molecule is O=C(O)C1CCCCC1NS(=O)(=O)c1cc(F)ccc1Cl. The number of halogens is 2. The van der Waals surface area contributed by atoms with Crippen molar-refractivity contribution in [3.63, 3.8) is 0 Å². The Morgan fingerprint density at radius 3 is 2.67 bits per heavy atom. The van der Waals surface area contributed by atoms with Crippen molar-refractivity contribution in [2.75, 3.05) is 0 Å². The number of carboxylic acid groups (broad SMARTS) is 1. The molecule has 5 nitrogen and oxygen atoms in total. The Kier molecular flexibility index (Phi) is 4.85. The van der Waals surface area contributed by atoms with Crippen LogP contribution in [-0.2, 0) is 14.8 Å². The number of aliphatic carboxylic acids is 1. The number of hydrogen-bond acceptors (Lipinski definition) is 3. The van der Waals surface area contributed by atoms with E-state index in [0.29, 0.717) is 12.8 Å². The Balaban J connectivity index is 2.27. The molecule has 0 aliphatic heterocycles. The van der Waals surface area contributed by atoms with Crippen LogP contribution in [0, 0.1) is 11.7 Å². The lowest BCUT2D eigenvalue weighted by Crippen LogP contribution is -2.45. The third-order valence-electron chi connectivity index (χ3n) is 3.57. The fraction of sp³-hybridized carbons (Fsp3) is 0.462. The summed E-state index contributed by atoms with van der Waals surface area (Å²) in [4.78, 5) is 10.8. The van der Waals surface area contributed by atoms with Gasteiger partial charge in [0.25, 0.3) is 0 Å². The quantitative estimate of drug-likeness (QED) is 0.885. The molecular formula is C13H15ClFNO4S. The van der Waals surface area contributed by atoms with Gasteiger partial charge in [-0.25, -0.2) is 17.5 Å².